The topological polar surface area (TPSA) is 73.4 Å². The molecule has 1 heterocycles. The first kappa shape index (κ1) is 15.7. The minimum Gasteiger partial charge on any atom is -0.395 e. The van der Waals surface area contributed by atoms with Crippen molar-refractivity contribution in [3.8, 4) is 11.3 Å². The van der Waals surface area contributed by atoms with Crippen LogP contribution in [0.2, 0.25) is 0 Å². The van der Waals surface area contributed by atoms with Crippen LogP contribution in [0.5, 0.6) is 0 Å². The van der Waals surface area contributed by atoms with Crippen LogP contribution in [0.1, 0.15) is 10.4 Å². The molecule has 22 heavy (non-hydrogen) atoms. The van der Waals surface area contributed by atoms with Crippen LogP contribution >= 0.6 is 0 Å². The molecule has 1 aromatic heterocycles. The monoisotopic (exact) mass is 298 g/mol. The maximum absolute atomic E-state index is 12.3. The number of nitrogens with zero attached hydrogens (tertiary/aromatic N) is 1. The fourth-order valence-corrected chi connectivity index (χ4v) is 2.15. The number of carbonyl (C=O) groups is 1. The number of rotatable bonds is 6. The summed E-state index contributed by atoms with van der Waals surface area (Å²) in [5, 5.41) is 9.01. The highest BCUT2D eigenvalue weighted by molar-refractivity contribution is 5.94. The van der Waals surface area contributed by atoms with Crippen molar-refractivity contribution >= 4 is 5.91 Å². The van der Waals surface area contributed by atoms with Gasteiger partial charge in [-0.2, -0.15) is 0 Å². The number of benzene rings is 1. The number of carbonyl (C=O) groups excluding carboxylic acids is 1. The van der Waals surface area contributed by atoms with Gasteiger partial charge in [0.2, 0.25) is 0 Å². The summed E-state index contributed by atoms with van der Waals surface area (Å²) in [5.74, 6) is -0.421. The van der Waals surface area contributed by atoms with E-state index in [4.69, 9.17) is 5.11 Å². The van der Waals surface area contributed by atoms with Gasteiger partial charge in [-0.3, -0.25) is 9.59 Å². The second-order valence-electron chi connectivity index (χ2n) is 4.74. The first-order valence-corrected chi connectivity index (χ1v) is 6.97. The van der Waals surface area contributed by atoms with E-state index in [0.717, 1.165) is 5.56 Å². The summed E-state index contributed by atoms with van der Waals surface area (Å²) in [6.07, 6.45) is 1.56. The van der Waals surface area contributed by atoms with Gasteiger partial charge in [-0.1, -0.05) is 36.4 Å². The highest BCUT2D eigenvalue weighted by Crippen LogP contribution is 2.15. The van der Waals surface area contributed by atoms with Crippen LogP contribution in [-0.2, 0) is 0 Å². The van der Waals surface area contributed by atoms with Gasteiger partial charge in [0.1, 0.15) is 5.56 Å². The van der Waals surface area contributed by atoms with E-state index in [2.05, 4.69) is 11.6 Å². The number of pyridine rings is 1. The largest absolute Gasteiger partial charge is 0.395 e. The molecule has 1 amide bonds. The number of nitrogens with one attached hydrogen (secondary N) is 1. The third-order valence-electron chi connectivity index (χ3n) is 3.23. The van der Waals surface area contributed by atoms with Gasteiger partial charge in [0, 0.05) is 18.8 Å². The van der Waals surface area contributed by atoms with E-state index in [1.807, 2.05) is 30.3 Å². The second kappa shape index (κ2) is 7.38. The molecule has 2 aromatic rings. The molecule has 0 fully saturated rings. The Morgan fingerprint density at radius 1 is 1.23 bits per heavy atom. The van der Waals surface area contributed by atoms with Crippen molar-refractivity contribution in [2.75, 3.05) is 19.7 Å². The van der Waals surface area contributed by atoms with E-state index in [1.54, 1.807) is 12.1 Å². The predicted octanol–water partition coefficient (Wildman–Crippen LogP) is 1.66. The highest BCUT2D eigenvalue weighted by Gasteiger charge is 2.17. The molecule has 0 bridgehead atoms. The average molecular weight is 298 g/mol. The van der Waals surface area contributed by atoms with Gasteiger partial charge in [0.25, 0.3) is 11.5 Å². The van der Waals surface area contributed by atoms with Gasteiger partial charge in [0.15, 0.2) is 0 Å². The zero-order valence-corrected chi connectivity index (χ0v) is 12.2. The molecule has 114 valence electrons. The Morgan fingerprint density at radius 3 is 2.55 bits per heavy atom. The predicted molar refractivity (Wildman–Crippen MR) is 85.7 cm³/mol. The van der Waals surface area contributed by atoms with Gasteiger partial charge < -0.3 is 15.0 Å². The van der Waals surface area contributed by atoms with Crippen molar-refractivity contribution < 1.29 is 9.90 Å². The first-order valence-electron chi connectivity index (χ1n) is 6.97. The highest BCUT2D eigenvalue weighted by atomic mass is 16.3. The summed E-state index contributed by atoms with van der Waals surface area (Å²) >= 11 is 0. The molecule has 0 unspecified atom stereocenters. The van der Waals surface area contributed by atoms with Crippen molar-refractivity contribution in [3.05, 3.63) is 71.0 Å². The van der Waals surface area contributed by atoms with E-state index in [-0.39, 0.29) is 25.3 Å². The van der Waals surface area contributed by atoms with Crippen LogP contribution in [0.15, 0.2) is 59.9 Å². The maximum atomic E-state index is 12.3. The smallest absolute Gasteiger partial charge is 0.261 e. The van der Waals surface area contributed by atoms with E-state index in [0.29, 0.717) is 5.69 Å². The van der Waals surface area contributed by atoms with Gasteiger partial charge in [-0.25, -0.2) is 0 Å². The van der Waals surface area contributed by atoms with Gasteiger partial charge >= 0.3 is 0 Å². The number of aromatic amines is 1. The Morgan fingerprint density at radius 2 is 1.95 bits per heavy atom. The molecule has 5 heteroatoms. The molecule has 2 N–H and O–H groups in total. The molecule has 2 rings (SSSR count). The minimum absolute atomic E-state index is 0.0509. The van der Waals surface area contributed by atoms with Crippen molar-refractivity contribution in [2.24, 2.45) is 0 Å². The van der Waals surface area contributed by atoms with E-state index < -0.39 is 11.5 Å². The van der Waals surface area contributed by atoms with Crippen LogP contribution in [0.3, 0.4) is 0 Å². The van der Waals surface area contributed by atoms with Crippen molar-refractivity contribution in [2.45, 2.75) is 0 Å². The molecule has 0 atom stereocenters. The molecule has 0 spiro atoms. The van der Waals surface area contributed by atoms with Crippen LogP contribution in [0.4, 0.5) is 0 Å². The summed E-state index contributed by atoms with van der Waals surface area (Å²) < 4.78 is 0. The lowest BCUT2D eigenvalue weighted by Crippen LogP contribution is -2.36. The lowest BCUT2D eigenvalue weighted by Gasteiger charge is -2.19. The fourth-order valence-electron chi connectivity index (χ4n) is 2.15. The summed E-state index contributed by atoms with van der Waals surface area (Å²) in [5.41, 5.74) is 1.13. The molecule has 5 nitrogen and oxygen atoms in total. The molecular formula is C17H18N2O3. The van der Waals surface area contributed by atoms with E-state index in [1.165, 1.54) is 11.0 Å². The lowest BCUT2D eigenvalue weighted by atomic mass is 10.1. The number of hydrogen-bond acceptors (Lipinski definition) is 3. The van der Waals surface area contributed by atoms with E-state index >= 15 is 0 Å². The Hall–Kier alpha value is -2.66. The van der Waals surface area contributed by atoms with Crippen molar-refractivity contribution in [1.82, 2.24) is 9.88 Å². The van der Waals surface area contributed by atoms with Crippen LogP contribution < -0.4 is 5.56 Å². The molecular weight excluding hydrogens is 280 g/mol. The Labute approximate surface area is 128 Å². The summed E-state index contributed by atoms with van der Waals surface area (Å²) in [6, 6.07) is 12.6. The van der Waals surface area contributed by atoms with Crippen molar-refractivity contribution in [1.29, 1.82) is 0 Å². The summed E-state index contributed by atoms with van der Waals surface area (Å²) in [7, 11) is 0. The van der Waals surface area contributed by atoms with Gasteiger partial charge in [-0.15, -0.1) is 6.58 Å². The second-order valence-corrected chi connectivity index (χ2v) is 4.74. The van der Waals surface area contributed by atoms with Crippen molar-refractivity contribution in [3.63, 3.8) is 0 Å². The maximum Gasteiger partial charge on any atom is 0.261 e. The summed E-state index contributed by atoms with van der Waals surface area (Å²) in [6.45, 7) is 3.84. The molecule has 0 saturated carbocycles. The normalized spacial score (nSPS) is 10.2. The molecule has 0 saturated heterocycles. The zero-order valence-electron chi connectivity index (χ0n) is 12.2. The third-order valence-corrected chi connectivity index (χ3v) is 3.23. The Balaban J connectivity index is 2.31. The van der Waals surface area contributed by atoms with E-state index in [9.17, 15) is 9.59 Å². The number of hydrogen-bond donors (Lipinski definition) is 2. The number of aliphatic hydroxyl groups is 1. The number of aliphatic hydroxyl groups excluding tert-OH is 1. The Kier molecular flexibility index (Phi) is 5.27. The third kappa shape index (κ3) is 3.51. The van der Waals surface area contributed by atoms with Crippen LogP contribution in [0.25, 0.3) is 11.3 Å². The lowest BCUT2D eigenvalue weighted by molar-refractivity contribution is 0.0741. The standard InChI is InChI=1S/C17H18N2O3/c1-2-10-19(11-12-20)17(22)14-8-9-15(18-16(14)21)13-6-4-3-5-7-13/h2-9,20H,1,10-12H2,(H,18,21). The molecule has 0 aliphatic heterocycles. The van der Waals surface area contributed by atoms with Gasteiger partial charge in [0.05, 0.1) is 6.61 Å². The first-order chi connectivity index (χ1) is 10.7. The zero-order chi connectivity index (χ0) is 15.9. The SMILES string of the molecule is C=CCN(CCO)C(=O)c1ccc(-c2ccccc2)[nH]c1=O. The van der Waals surface area contributed by atoms with Crippen LogP contribution in [-0.4, -0.2) is 40.6 Å². The molecule has 1 aromatic carbocycles. The number of amides is 1. The molecule has 0 aliphatic carbocycles. The minimum atomic E-state index is -0.446. The number of H-pyrrole nitrogens is 1. The summed E-state index contributed by atoms with van der Waals surface area (Å²) in [4.78, 5) is 28.6. The molecule has 0 radical (unpaired) electrons. The average Bonchev–Trinajstić information content (AvgIpc) is 2.55. The number of aromatic nitrogens is 1. The molecule has 0 aliphatic rings. The van der Waals surface area contributed by atoms with Crippen LogP contribution in [0, 0.1) is 0 Å². The fraction of sp³-hybridized carbons (Fsp3) is 0.176. The quantitative estimate of drug-likeness (QED) is 0.797. The Bertz CT molecular complexity index is 707. The van der Waals surface area contributed by atoms with Gasteiger partial charge in [-0.05, 0) is 17.7 Å².